The molecular formula is C12H15NO3. The number of nitrogens with one attached hydrogen (secondary N) is 1. The molecule has 0 heterocycles. The van der Waals surface area contributed by atoms with Gasteiger partial charge in [-0.2, -0.15) is 0 Å². The molecule has 0 aliphatic heterocycles. The number of amides is 1. The lowest BCUT2D eigenvalue weighted by Gasteiger charge is -2.06. The third-order valence-corrected chi connectivity index (χ3v) is 1.82. The average molecular weight is 221 g/mol. The van der Waals surface area contributed by atoms with E-state index in [1.54, 1.807) is 13.2 Å². The molecule has 1 N–H and O–H groups in total. The van der Waals surface area contributed by atoms with Crippen molar-refractivity contribution < 1.29 is 14.3 Å². The van der Waals surface area contributed by atoms with Crippen LogP contribution in [0, 0.1) is 0 Å². The fourth-order valence-corrected chi connectivity index (χ4v) is 1.19. The molecule has 0 unspecified atom stereocenters. The molecule has 0 saturated heterocycles. The Bertz CT molecular complexity index is 363. The standard InChI is InChI=1S/C12H15NO3/c1-3-7-16-12(14)13-11-6-4-5-10(8-11)9-15-2/h3-6,8H,1,7,9H2,2H3,(H,13,14). The Hall–Kier alpha value is -1.81. The molecule has 0 fully saturated rings. The van der Waals surface area contributed by atoms with Crippen LogP contribution >= 0.6 is 0 Å². The van der Waals surface area contributed by atoms with Gasteiger partial charge in [0.1, 0.15) is 6.61 Å². The Morgan fingerprint density at radius 1 is 1.56 bits per heavy atom. The molecule has 0 aromatic heterocycles. The Balaban J connectivity index is 2.55. The summed E-state index contributed by atoms with van der Waals surface area (Å²) in [4.78, 5) is 11.2. The van der Waals surface area contributed by atoms with Crippen molar-refractivity contribution in [1.29, 1.82) is 0 Å². The van der Waals surface area contributed by atoms with E-state index in [4.69, 9.17) is 9.47 Å². The third-order valence-electron chi connectivity index (χ3n) is 1.82. The molecule has 4 nitrogen and oxygen atoms in total. The lowest BCUT2D eigenvalue weighted by atomic mass is 10.2. The maximum atomic E-state index is 11.2. The first kappa shape index (κ1) is 12.3. The van der Waals surface area contributed by atoms with Crippen LogP contribution in [0.4, 0.5) is 10.5 Å². The van der Waals surface area contributed by atoms with E-state index in [-0.39, 0.29) is 6.61 Å². The Morgan fingerprint density at radius 2 is 2.38 bits per heavy atom. The zero-order chi connectivity index (χ0) is 11.8. The largest absolute Gasteiger partial charge is 0.445 e. The highest BCUT2D eigenvalue weighted by molar-refractivity contribution is 5.84. The van der Waals surface area contributed by atoms with Crippen LogP contribution in [0.5, 0.6) is 0 Å². The zero-order valence-electron chi connectivity index (χ0n) is 9.23. The monoisotopic (exact) mass is 221 g/mol. The minimum absolute atomic E-state index is 0.198. The summed E-state index contributed by atoms with van der Waals surface area (Å²) < 4.78 is 9.79. The Kier molecular flexibility index (Phi) is 5.08. The van der Waals surface area contributed by atoms with Crippen molar-refractivity contribution in [2.45, 2.75) is 6.61 Å². The molecule has 0 aliphatic rings. The number of carbonyl (C=O) groups excluding carboxylic acids is 1. The van der Waals surface area contributed by atoms with Gasteiger partial charge in [0.15, 0.2) is 0 Å². The van der Waals surface area contributed by atoms with Crippen molar-refractivity contribution in [2.75, 3.05) is 19.0 Å². The van der Waals surface area contributed by atoms with E-state index in [9.17, 15) is 4.79 Å². The van der Waals surface area contributed by atoms with Gasteiger partial charge in [0.25, 0.3) is 0 Å². The zero-order valence-corrected chi connectivity index (χ0v) is 9.23. The van der Waals surface area contributed by atoms with Gasteiger partial charge < -0.3 is 9.47 Å². The number of benzene rings is 1. The summed E-state index contributed by atoms with van der Waals surface area (Å²) in [5.74, 6) is 0. The van der Waals surface area contributed by atoms with Gasteiger partial charge in [0.05, 0.1) is 6.61 Å². The van der Waals surface area contributed by atoms with Gasteiger partial charge in [-0.3, -0.25) is 5.32 Å². The van der Waals surface area contributed by atoms with E-state index >= 15 is 0 Å². The summed E-state index contributed by atoms with van der Waals surface area (Å²) in [6.07, 6.45) is 1.02. The van der Waals surface area contributed by atoms with E-state index in [2.05, 4.69) is 11.9 Å². The molecular weight excluding hydrogens is 206 g/mol. The molecule has 1 aromatic rings. The summed E-state index contributed by atoms with van der Waals surface area (Å²) >= 11 is 0. The number of anilines is 1. The second kappa shape index (κ2) is 6.63. The number of rotatable bonds is 5. The van der Waals surface area contributed by atoms with Gasteiger partial charge in [-0.25, -0.2) is 4.79 Å². The van der Waals surface area contributed by atoms with E-state index in [1.165, 1.54) is 6.08 Å². The van der Waals surface area contributed by atoms with E-state index in [0.717, 1.165) is 5.56 Å². The van der Waals surface area contributed by atoms with Crippen molar-refractivity contribution in [3.63, 3.8) is 0 Å². The number of hydrogen-bond acceptors (Lipinski definition) is 3. The summed E-state index contributed by atoms with van der Waals surface area (Å²) in [7, 11) is 1.62. The summed E-state index contributed by atoms with van der Waals surface area (Å²) in [5.41, 5.74) is 1.67. The van der Waals surface area contributed by atoms with E-state index in [0.29, 0.717) is 12.3 Å². The number of methoxy groups -OCH3 is 1. The molecule has 4 heteroatoms. The predicted molar refractivity (Wildman–Crippen MR) is 62.3 cm³/mol. The Labute approximate surface area is 94.9 Å². The average Bonchev–Trinajstić information content (AvgIpc) is 2.27. The van der Waals surface area contributed by atoms with Crippen LogP contribution in [-0.2, 0) is 16.1 Å². The predicted octanol–water partition coefficient (Wildman–Crippen LogP) is 2.57. The van der Waals surface area contributed by atoms with Gasteiger partial charge in [0, 0.05) is 12.8 Å². The molecule has 0 radical (unpaired) electrons. The first-order valence-corrected chi connectivity index (χ1v) is 4.89. The topological polar surface area (TPSA) is 47.6 Å². The van der Waals surface area contributed by atoms with Gasteiger partial charge >= 0.3 is 6.09 Å². The molecule has 1 aromatic carbocycles. The molecule has 0 bridgehead atoms. The quantitative estimate of drug-likeness (QED) is 0.777. The molecule has 0 saturated carbocycles. The maximum Gasteiger partial charge on any atom is 0.411 e. The summed E-state index contributed by atoms with van der Waals surface area (Å²) in [6, 6.07) is 7.38. The number of carbonyl (C=O) groups is 1. The van der Waals surface area contributed by atoms with Gasteiger partial charge in [0.2, 0.25) is 0 Å². The fourth-order valence-electron chi connectivity index (χ4n) is 1.19. The molecule has 1 rings (SSSR count). The fraction of sp³-hybridized carbons (Fsp3) is 0.250. The van der Waals surface area contributed by atoms with E-state index in [1.807, 2.05) is 18.2 Å². The molecule has 1 amide bonds. The van der Waals surface area contributed by atoms with Crippen molar-refractivity contribution in [3.8, 4) is 0 Å². The number of hydrogen-bond donors (Lipinski definition) is 1. The van der Waals surface area contributed by atoms with Crippen molar-refractivity contribution >= 4 is 11.8 Å². The van der Waals surface area contributed by atoms with Crippen LogP contribution in [-0.4, -0.2) is 19.8 Å². The van der Waals surface area contributed by atoms with Crippen LogP contribution in [0.2, 0.25) is 0 Å². The van der Waals surface area contributed by atoms with Gasteiger partial charge in [-0.05, 0) is 17.7 Å². The first-order valence-electron chi connectivity index (χ1n) is 4.89. The van der Waals surface area contributed by atoms with Crippen LogP contribution in [0.1, 0.15) is 5.56 Å². The molecule has 0 aliphatic carbocycles. The minimum Gasteiger partial charge on any atom is -0.445 e. The summed E-state index contributed by atoms with van der Waals surface area (Å²) in [6.45, 7) is 4.17. The van der Waals surface area contributed by atoms with Crippen molar-refractivity contribution in [2.24, 2.45) is 0 Å². The SMILES string of the molecule is C=CCOC(=O)Nc1cccc(COC)c1. The van der Waals surface area contributed by atoms with Crippen LogP contribution in [0.3, 0.4) is 0 Å². The summed E-state index contributed by atoms with van der Waals surface area (Å²) in [5, 5.41) is 2.61. The second-order valence-electron chi connectivity index (χ2n) is 3.15. The van der Waals surface area contributed by atoms with Crippen LogP contribution < -0.4 is 5.32 Å². The van der Waals surface area contributed by atoms with Crippen molar-refractivity contribution in [3.05, 3.63) is 42.5 Å². The molecule has 16 heavy (non-hydrogen) atoms. The van der Waals surface area contributed by atoms with Gasteiger partial charge in [-0.1, -0.05) is 24.8 Å². The van der Waals surface area contributed by atoms with Crippen LogP contribution in [0.15, 0.2) is 36.9 Å². The third kappa shape index (κ3) is 4.14. The lowest BCUT2D eigenvalue weighted by Crippen LogP contribution is -2.13. The van der Waals surface area contributed by atoms with Gasteiger partial charge in [-0.15, -0.1) is 0 Å². The highest BCUT2D eigenvalue weighted by Gasteiger charge is 2.02. The lowest BCUT2D eigenvalue weighted by molar-refractivity contribution is 0.174. The molecule has 86 valence electrons. The van der Waals surface area contributed by atoms with Crippen molar-refractivity contribution in [1.82, 2.24) is 0 Å². The molecule has 0 spiro atoms. The first-order chi connectivity index (χ1) is 7.76. The van der Waals surface area contributed by atoms with E-state index < -0.39 is 6.09 Å². The Morgan fingerprint density at radius 3 is 3.06 bits per heavy atom. The number of ether oxygens (including phenoxy) is 2. The smallest absolute Gasteiger partial charge is 0.411 e. The highest BCUT2D eigenvalue weighted by Crippen LogP contribution is 2.11. The highest BCUT2D eigenvalue weighted by atomic mass is 16.5. The normalized spacial score (nSPS) is 9.56. The minimum atomic E-state index is -0.491. The molecule has 0 atom stereocenters. The maximum absolute atomic E-state index is 11.2. The second-order valence-corrected chi connectivity index (χ2v) is 3.15. The van der Waals surface area contributed by atoms with Crippen LogP contribution in [0.25, 0.3) is 0 Å².